The van der Waals surface area contributed by atoms with Crippen LogP contribution in [0.5, 0.6) is 0 Å². The molecule has 0 aromatic carbocycles. The van der Waals surface area contributed by atoms with Crippen molar-refractivity contribution >= 4 is 5.82 Å². The van der Waals surface area contributed by atoms with E-state index in [4.69, 9.17) is 21.8 Å². The van der Waals surface area contributed by atoms with Crippen molar-refractivity contribution in [1.29, 1.82) is 5.26 Å². The number of pyridine rings is 2. The van der Waals surface area contributed by atoms with Gasteiger partial charge < -0.3 is 9.53 Å². The van der Waals surface area contributed by atoms with Crippen molar-refractivity contribution in [3.8, 4) is 17.7 Å². The zero-order valence-electron chi connectivity index (χ0n) is 18.5. The molecule has 33 heavy (non-hydrogen) atoms. The number of nitriles is 1. The maximum absolute atomic E-state index is 9.04. The van der Waals surface area contributed by atoms with E-state index in [0.717, 1.165) is 11.4 Å². The summed E-state index contributed by atoms with van der Waals surface area (Å²) in [4.78, 5) is 13.0. The van der Waals surface area contributed by atoms with Crippen molar-refractivity contribution in [2.45, 2.75) is 38.5 Å². The first-order chi connectivity index (χ1) is 15.3. The smallest absolute Gasteiger partial charge is 0.342 e. The van der Waals surface area contributed by atoms with Crippen LogP contribution in [0.15, 0.2) is 48.5 Å². The zero-order valence-corrected chi connectivity index (χ0v) is 20.1. The molecule has 0 bridgehead atoms. The third kappa shape index (κ3) is 4.34. The molecular weight excluding hydrogens is 507 g/mol. The molecular formula is C24H20N8Pd. The Bertz CT molecular complexity index is 1260. The van der Waals surface area contributed by atoms with Crippen LogP contribution < -0.4 is 0 Å². The van der Waals surface area contributed by atoms with Gasteiger partial charge in [0.1, 0.15) is 0 Å². The second-order valence-electron chi connectivity index (χ2n) is 8.35. The maximum atomic E-state index is 9.04. The third-order valence-electron chi connectivity index (χ3n) is 6.02. The molecule has 166 valence electrons. The van der Waals surface area contributed by atoms with Gasteiger partial charge in [0, 0.05) is 22.2 Å². The van der Waals surface area contributed by atoms with Crippen molar-refractivity contribution < 1.29 is 20.4 Å². The van der Waals surface area contributed by atoms with E-state index >= 15 is 0 Å². The Morgan fingerprint density at radius 3 is 1.85 bits per heavy atom. The number of aromatic nitrogens is 6. The van der Waals surface area contributed by atoms with Gasteiger partial charge in [0.15, 0.2) is 0 Å². The van der Waals surface area contributed by atoms with Crippen LogP contribution in [0.3, 0.4) is 0 Å². The molecule has 4 heterocycles. The van der Waals surface area contributed by atoms with E-state index in [9.17, 15) is 0 Å². The molecule has 0 N–H and O–H groups in total. The van der Waals surface area contributed by atoms with Gasteiger partial charge in [-0.15, -0.1) is 6.07 Å². The number of rotatable bonds is 5. The van der Waals surface area contributed by atoms with Crippen LogP contribution in [0.1, 0.15) is 44.8 Å². The fourth-order valence-corrected chi connectivity index (χ4v) is 3.33. The predicted octanol–water partition coefficient (Wildman–Crippen LogP) is 4.12. The van der Waals surface area contributed by atoms with E-state index in [1.165, 1.54) is 21.5 Å². The molecule has 0 saturated carbocycles. The number of hydrogen-bond acceptors (Lipinski definition) is 5. The molecule has 0 saturated heterocycles. The van der Waals surface area contributed by atoms with Crippen LogP contribution >= 0.6 is 0 Å². The van der Waals surface area contributed by atoms with Crippen molar-refractivity contribution in [1.82, 2.24) is 29.5 Å². The van der Waals surface area contributed by atoms with Crippen LogP contribution in [-0.4, -0.2) is 29.5 Å². The van der Waals surface area contributed by atoms with E-state index in [2.05, 4.69) is 55.1 Å². The second-order valence-corrected chi connectivity index (χ2v) is 8.35. The predicted molar refractivity (Wildman–Crippen MR) is 117 cm³/mol. The average Bonchev–Trinajstić information content (AvgIpc) is 3.49. The van der Waals surface area contributed by atoms with Crippen LogP contribution in [0.2, 0.25) is 0 Å². The molecule has 0 atom stereocenters. The van der Waals surface area contributed by atoms with Crippen molar-refractivity contribution in [3.63, 3.8) is 0 Å². The standard InChI is InChI=1S/C24H20N8.Pd/c1-23(2,18-8-6-10-21(27-18)31-14-12-17(16-25)29-31)24(3,4)19-9-7-11-22(28-19)32-15-13-20(26-5)30-32;/h6-13H,1-4H3;/q-2;+2. The first kappa shape index (κ1) is 24.0. The Kier molecular flexibility index (Phi) is 6.61. The summed E-state index contributed by atoms with van der Waals surface area (Å²) in [5.41, 5.74) is 1.16. The minimum Gasteiger partial charge on any atom is -0.342 e. The minimum atomic E-state index is -0.421. The van der Waals surface area contributed by atoms with E-state index in [-0.39, 0.29) is 31.9 Å². The molecule has 0 fully saturated rings. The van der Waals surface area contributed by atoms with Crippen molar-refractivity contribution in [3.05, 3.63) is 89.4 Å². The summed E-state index contributed by atoms with van der Waals surface area (Å²) >= 11 is 0. The van der Waals surface area contributed by atoms with Gasteiger partial charge in [0.05, 0.1) is 23.4 Å². The molecule has 8 nitrogen and oxygen atoms in total. The van der Waals surface area contributed by atoms with Crippen molar-refractivity contribution in [2.24, 2.45) is 0 Å². The quantitative estimate of drug-likeness (QED) is 0.288. The maximum Gasteiger partial charge on any atom is 2.00 e. The van der Waals surface area contributed by atoms with Gasteiger partial charge in [-0.2, -0.15) is 0 Å². The van der Waals surface area contributed by atoms with Gasteiger partial charge in [-0.3, -0.25) is 9.97 Å². The summed E-state index contributed by atoms with van der Waals surface area (Å²) in [5, 5.41) is 17.4. The van der Waals surface area contributed by atoms with Gasteiger partial charge in [-0.1, -0.05) is 64.7 Å². The Morgan fingerprint density at radius 2 is 1.39 bits per heavy atom. The monoisotopic (exact) mass is 526 g/mol. The molecule has 0 aliphatic rings. The van der Waals surface area contributed by atoms with E-state index in [0.29, 0.717) is 11.6 Å². The number of nitrogens with zero attached hydrogens (tertiary/aromatic N) is 8. The molecule has 0 aliphatic carbocycles. The van der Waals surface area contributed by atoms with Gasteiger partial charge in [-0.05, 0) is 29.5 Å². The largest absolute Gasteiger partial charge is 2.00 e. The molecule has 9 heteroatoms. The first-order valence-corrected chi connectivity index (χ1v) is 9.95. The SMILES string of the molecule is [C-]#[N+]c1c[c-]n(-c2cccc(C(C)(C)C(C)(C)c3cccc(-n4[c-]cc(C#N)n4)n3)n2)n1.[Pd+2]. The summed E-state index contributed by atoms with van der Waals surface area (Å²) in [7, 11) is 0. The summed E-state index contributed by atoms with van der Waals surface area (Å²) < 4.78 is 2.96. The van der Waals surface area contributed by atoms with Gasteiger partial charge >= 0.3 is 26.2 Å². The first-order valence-electron chi connectivity index (χ1n) is 9.95. The van der Waals surface area contributed by atoms with Crippen LogP contribution in [-0.2, 0) is 31.3 Å². The van der Waals surface area contributed by atoms with Crippen molar-refractivity contribution in [2.75, 3.05) is 0 Å². The Labute approximate surface area is 206 Å². The van der Waals surface area contributed by atoms with Gasteiger partial charge in [0.25, 0.3) is 0 Å². The summed E-state index contributed by atoms with van der Waals surface area (Å²) in [6.07, 6.45) is 5.86. The molecule has 4 aromatic rings. The van der Waals surface area contributed by atoms with E-state index in [1.54, 1.807) is 0 Å². The summed E-state index contributed by atoms with van der Waals surface area (Å²) in [6, 6.07) is 16.6. The second kappa shape index (κ2) is 9.08. The Hall–Kier alpha value is -3.64. The molecule has 0 radical (unpaired) electrons. The summed E-state index contributed by atoms with van der Waals surface area (Å²) in [5.74, 6) is 1.46. The molecule has 0 spiro atoms. The Morgan fingerprint density at radius 1 is 0.879 bits per heavy atom. The fraction of sp³-hybridized carbons (Fsp3) is 0.250. The number of hydrogen-bond donors (Lipinski definition) is 0. The third-order valence-corrected chi connectivity index (χ3v) is 6.02. The van der Waals surface area contributed by atoms with E-state index in [1.807, 2.05) is 42.5 Å². The Balaban J connectivity index is 0.00000306. The minimum absolute atomic E-state index is 0. The van der Waals surface area contributed by atoms with Gasteiger partial charge in [-0.25, -0.2) is 15.0 Å². The molecule has 0 amide bonds. The van der Waals surface area contributed by atoms with Crippen LogP contribution in [0.25, 0.3) is 16.5 Å². The molecule has 0 aliphatic heterocycles. The van der Waals surface area contributed by atoms with Crippen LogP contribution in [0, 0.1) is 30.3 Å². The molecule has 4 aromatic heterocycles. The normalized spacial score (nSPS) is 11.3. The molecule has 0 unspecified atom stereocenters. The average molecular weight is 527 g/mol. The summed E-state index contributed by atoms with van der Waals surface area (Å²) in [6.45, 7) is 15.6. The fourth-order valence-electron chi connectivity index (χ4n) is 3.33. The zero-order chi connectivity index (χ0) is 22.9. The van der Waals surface area contributed by atoms with Crippen LogP contribution in [0.4, 0.5) is 5.82 Å². The van der Waals surface area contributed by atoms with E-state index < -0.39 is 10.8 Å². The molecule has 4 rings (SSSR count). The van der Waals surface area contributed by atoms with Gasteiger partial charge in [0.2, 0.25) is 0 Å². The topological polar surface area (TPSA) is 89.6 Å².